The minimum atomic E-state index is -1.22. The molecule has 5 heterocycles. The summed E-state index contributed by atoms with van der Waals surface area (Å²) in [5.74, 6) is 0.643. The number of hydrogen-bond acceptors (Lipinski definition) is 13. The average molecular weight is 829 g/mol. The number of ether oxygens (including phenoxy) is 2. The predicted octanol–water partition coefficient (Wildman–Crippen LogP) is 5.04. The number of nitrogen functional groups attached to an aromatic ring is 1. The molecule has 1 fully saturated rings. The van der Waals surface area contributed by atoms with Gasteiger partial charge in [0.2, 0.25) is 5.91 Å². The quantitative estimate of drug-likeness (QED) is 0.0743. The molecule has 0 radical (unpaired) electrons. The van der Waals surface area contributed by atoms with Crippen LogP contribution in [0, 0.1) is 11.8 Å². The highest BCUT2D eigenvalue weighted by Gasteiger charge is 2.64. The smallest absolute Gasteiger partial charge is 0.339 e. The van der Waals surface area contributed by atoms with Crippen LogP contribution in [0.5, 0.6) is 5.75 Å². The van der Waals surface area contributed by atoms with Gasteiger partial charge in [-0.25, -0.2) is 14.6 Å². The Morgan fingerprint density at radius 1 is 1.21 bits per heavy atom. The maximum absolute atomic E-state index is 14.3. The topological polar surface area (TPSA) is 177 Å². The van der Waals surface area contributed by atoms with Gasteiger partial charge in [0.05, 0.1) is 23.6 Å². The molecule has 8 atom stereocenters. The summed E-state index contributed by atoms with van der Waals surface area (Å²) in [6.45, 7) is 6.02. The van der Waals surface area contributed by atoms with Crippen LogP contribution in [0.15, 0.2) is 75.1 Å². The first kappa shape index (κ1) is 40.7. The van der Waals surface area contributed by atoms with E-state index in [0.717, 1.165) is 22.3 Å². The molecule has 0 saturated carbocycles. The monoisotopic (exact) mass is 828 g/mol. The summed E-state index contributed by atoms with van der Waals surface area (Å²) in [7, 11) is 5.51. The molecule has 5 N–H and O–H groups in total. The summed E-state index contributed by atoms with van der Waals surface area (Å²) in [6, 6.07) is 7.68. The van der Waals surface area contributed by atoms with Crippen molar-refractivity contribution in [2.24, 2.45) is 11.8 Å². The number of aliphatic hydroxyl groups is 2. The van der Waals surface area contributed by atoms with Crippen molar-refractivity contribution in [3.8, 4) is 5.75 Å². The third-order valence-corrected chi connectivity index (χ3v) is 15.8. The number of carbonyl (C=O) groups is 2. The lowest BCUT2D eigenvalue weighted by Crippen LogP contribution is -2.68. The van der Waals surface area contributed by atoms with Crippen LogP contribution in [-0.4, -0.2) is 93.1 Å². The van der Waals surface area contributed by atoms with Crippen molar-refractivity contribution in [1.82, 2.24) is 15.2 Å². The number of nitrogens with two attached hydrogens (primary N) is 1. The van der Waals surface area contributed by atoms with Gasteiger partial charge in [-0.15, -0.1) is 0 Å². The van der Waals surface area contributed by atoms with Gasteiger partial charge in [0.15, 0.2) is 11.2 Å². The molecule has 14 heteroatoms. The summed E-state index contributed by atoms with van der Waals surface area (Å²) < 4.78 is 19.8. The Bertz CT molecular complexity index is 2270. The maximum atomic E-state index is 14.3. The van der Waals surface area contributed by atoms with Crippen LogP contribution in [0.2, 0.25) is 0 Å². The Balaban J connectivity index is 1.25. The van der Waals surface area contributed by atoms with Crippen LogP contribution < -0.4 is 21.4 Å². The zero-order chi connectivity index (χ0) is 40.9. The lowest BCUT2D eigenvalue weighted by molar-refractivity contribution is -0.183. The number of aliphatic hydroxyl groups excluding tert-OH is 2. The van der Waals surface area contributed by atoms with Gasteiger partial charge in [-0.3, -0.25) is 4.79 Å². The van der Waals surface area contributed by atoms with Crippen LogP contribution in [0.3, 0.4) is 0 Å². The van der Waals surface area contributed by atoms with E-state index >= 15 is 0 Å². The standard InChI is InChI=1S/C44H52N4O8S2/c1-5-24(2)41(52)56-43(3)11-10-26-23-57-58-36-9-8-33(46-4)32-21-48(40(32)36)38(51)16-30-20-47-37(45)17-31(30)39(26)44(43)19-29-15-27-14-28(13-25(22-50)7-6-12-49)42(53)54-34(27)18-35(29)55-44/h5,8-10,14-15,17-18,20,25,32-33,36,39-40,46,49-50H,6-7,11-13,16,19,21-23H2,1-4H3,(H2,45,47)/b24-5+/t25-,32-,33+,36-,39+,40-,43-,44-/m1/s1. The van der Waals surface area contributed by atoms with Crippen molar-refractivity contribution < 1.29 is 33.7 Å². The molecule has 1 amide bonds. The molecule has 58 heavy (non-hydrogen) atoms. The zero-order valence-electron chi connectivity index (χ0n) is 33.4. The van der Waals surface area contributed by atoms with Crippen LogP contribution in [0.4, 0.5) is 5.82 Å². The number of nitrogens with one attached hydrogen (secondary N) is 1. The number of carbonyl (C=O) groups excluding carboxylic acids is 2. The second kappa shape index (κ2) is 16.2. The van der Waals surface area contributed by atoms with Crippen molar-refractivity contribution in [2.75, 3.05) is 38.3 Å². The van der Waals surface area contributed by atoms with Crippen LogP contribution in [-0.2, 0) is 33.6 Å². The number of pyridine rings is 1. The van der Waals surface area contributed by atoms with E-state index in [4.69, 9.17) is 19.6 Å². The highest BCUT2D eigenvalue weighted by molar-refractivity contribution is 8.77. The molecule has 3 aromatic rings. The Labute approximate surface area is 346 Å². The highest BCUT2D eigenvalue weighted by Crippen LogP contribution is 2.59. The number of amides is 1. The van der Waals surface area contributed by atoms with Gasteiger partial charge in [0.1, 0.15) is 17.2 Å². The van der Waals surface area contributed by atoms with Crippen molar-refractivity contribution >= 4 is 50.3 Å². The molecule has 0 bridgehead atoms. The van der Waals surface area contributed by atoms with Crippen molar-refractivity contribution in [3.63, 3.8) is 0 Å². The van der Waals surface area contributed by atoms with Gasteiger partial charge >= 0.3 is 11.6 Å². The summed E-state index contributed by atoms with van der Waals surface area (Å²) in [5, 5.41) is 23.6. The third kappa shape index (κ3) is 7.08. The van der Waals surface area contributed by atoms with Gasteiger partial charge in [0.25, 0.3) is 0 Å². The normalized spacial score (nSPS) is 29.5. The first-order valence-corrected chi connectivity index (χ1v) is 22.5. The van der Waals surface area contributed by atoms with E-state index in [1.54, 1.807) is 53.8 Å². The van der Waals surface area contributed by atoms with Crippen LogP contribution in [0.1, 0.15) is 68.2 Å². The van der Waals surface area contributed by atoms with Gasteiger partial charge in [0, 0.05) is 79.1 Å². The highest BCUT2D eigenvalue weighted by atomic mass is 33.1. The number of anilines is 1. The van der Waals surface area contributed by atoms with E-state index in [1.165, 1.54) is 0 Å². The molecule has 1 spiro atoms. The first-order chi connectivity index (χ1) is 27.9. The molecule has 12 nitrogen and oxygen atoms in total. The van der Waals surface area contributed by atoms with E-state index in [2.05, 4.69) is 28.5 Å². The van der Waals surface area contributed by atoms with E-state index < -0.39 is 28.7 Å². The lowest BCUT2D eigenvalue weighted by atomic mass is 9.61. The number of esters is 1. The van der Waals surface area contributed by atoms with E-state index in [0.29, 0.717) is 84.0 Å². The molecule has 1 saturated heterocycles. The van der Waals surface area contributed by atoms with Gasteiger partial charge in [-0.1, -0.05) is 51.5 Å². The van der Waals surface area contributed by atoms with E-state index in [1.807, 2.05) is 37.1 Å². The first-order valence-electron chi connectivity index (χ1n) is 20.2. The molecule has 2 aromatic heterocycles. The number of likely N-dealkylation sites (N-methyl/N-ethyl adjacent to an activating group) is 1. The zero-order valence-corrected chi connectivity index (χ0v) is 35.0. The molecule has 308 valence electrons. The number of aromatic nitrogens is 1. The Hall–Kier alpha value is -4.08. The second-order valence-corrected chi connectivity index (χ2v) is 19.1. The fraction of sp³-hybridized carbons (Fsp3) is 0.500. The summed E-state index contributed by atoms with van der Waals surface area (Å²) in [4.78, 5) is 48.0. The number of nitrogens with zero attached hydrogens (tertiary/aromatic N) is 2. The van der Waals surface area contributed by atoms with E-state index in [9.17, 15) is 24.6 Å². The van der Waals surface area contributed by atoms with Gasteiger partial charge < -0.3 is 40.1 Å². The third-order valence-electron chi connectivity index (χ3n) is 13.1. The number of allylic oxidation sites excluding steroid dienone is 1. The number of hydrogen-bond donors (Lipinski definition) is 4. The maximum Gasteiger partial charge on any atom is 0.339 e. The molecule has 5 aliphatic rings. The second-order valence-electron chi connectivity index (χ2n) is 16.6. The number of rotatable bonds is 9. The minimum Gasteiger partial charge on any atom is -0.481 e. The largest absolute Gasteiger partial charge is 0.481 e. The fourth-order valence-corrected chi connectivity index (χ4v) is 12.6. The fourth-order valence-electron chi connectivity index (χ4n) is 9.71. The Kier molecular flexibility index (Phi) is 11.3. The predicted molar refractivity (Wildman–Crippen MR) is 227 cm³/mol. The lowest BCUT2D eigenvalue weighted by Gasteiger charge is -2.55. The molecule has 0 unspecified atom stereocenters. The van der Waals surface area contributed by atoms with Crippen LogP contribution >= 0.6 is 21.6 Å². The molecule has 3 aliphatic heterocycles. The molecule has 8 rings (SSSR count). The minimum absolute atomic E-state index is 0.00704. The summed E-state index contributed by atoms with van der Waals surface area (Å²) in [5.41, 5.74) is 8.32. The molecule has 1 aromatic carbocycles. The number of fused-ring (bicyclic) bond motifs is 6. The Morgan fingerprint density at radius 2 is 2.03 bits per heavy atom. The summed E-state index contributed by atoms with van der Waals surface area (Å²) in [6.07, 6.45) is 12.3. The average Bonchev–Trinajstić information content (AvgIpc) is 3.56. The van der Waals surface area contributed by atoms with Crippen LogP contribution in [0.25, 0.3) is 11.0 Å². The SMILES string of the molecule is C/C=C(\C)C(=O)O[C@]1(C)CC=C2CSS[C@@H]3C=C[C@H](NC)[C@H]4CN(C(=O)Cc5cnc(N)cc5[C@H]2[C@]12Cc1cc5cc(C[C@H](CO)CCCO)c(=O)oc5cc1O2)[C@H]43. The molecular weight excluding hydrogens is 777 g/mol. The summed E-state index contributed by atoms with van der Waals surface area (Å²) >= 11 is 0. The van der Waals surface area contributed by atoms with Gasteiger partial charge in [-0.2, -0.15) is 0 Å². The molecular formula is C44H52N4O8S2. The van der Waals surface area contributed by atoms with Crippen molar-refractivity contribution in [3.05, 3.63) is 98.6 Å². The van der Waals surface area contributed by atoms with E-state index in [-0.39, 0.29) is 48.8 Å². The van der Waals surface area contributed by atoms with Gasteiger partial charge in [-0.05, 0) is 87.9 Å². The Morgan fingerprint density at radius 3 is 2.79 bits per heavy atom. The number of benzene rings is 1. The molecule has 2 aliphatic carbocycles. The van der Waals surface area contributed by atoms with Crippen molar-refractivity contribution in [2.45, 2.75) is 93.7 Å². The van der Waals surface area contributed by atoms with Crippen molar-refractivity contribution in [1.29, 1.82) is 0 Å².